The molecule has 84 valence electrons. The highest BCUT2D eigenvalue weighted by molar-refractivity contribution is 7.10. The molecule has 4 heteroatoms. The lowest BCUT2D eigenvalue weighted by atomic mass is 10.1. The second-order valence-electron chi connectivity index (χ2n) is 3.85. The molecule has 2 atom stereocenters. The fourth-order valence-electron chi connectivity index (χ4n) is 1.99. The molecule has 2 N–H and O–H groups in total. The van der Waals surface area contributed by atoms with Crippen LogP contribution in [0.25, 0.3) is 0 Å². The fourth-order valence-corrected chi connectivity index (χ4v) is 3.08. The van der Waals surface area contributed by atoms with Crippen molar-refractivity contribution in [3.8, 4) is 0 Å². The number of morpholine rings is 1. The van der Waals surface area contributed by atoms with E-state index in [-0.39, 0.29) is 6.10 Å². The number of likely N-dealkylation sites (N-methyl/N-ethyl adjacent to an activating group) is 1. The zero-order valence-electron chi connectivity index (χ0n) is 9.25. The first kappa shape index (κ1) is 11.1. The monoisotopic (exact) mass is 226 g/mol. The lowest BCUT2D eigenvalue weighted by molar-refractivity contribution is 0.00601. The average Bonchev–Trinajstić information content (AvgIpc) is 2.68. The Bertz CT molecular complexity index is 307. The molecule has 3 nitrogen and oxygen atoms in total. The molecule has 1 saturated heterocycles. The van der Waals surface area contributed by atoms with Crippen molar-refractivity contribution in [1.82, 2.24) is 10.6 Å². The highest BCUT2D eigenvalue weighted by atomic mass is 32.1. The Hall–Kier alpha value is -0.420. The minimum atomic E-state index is 0.251. The molecule has 1 aliphatic rings. The maximum absolute atomic E-state index is 5.79. The normalized spacial score (nSPS) is 24.0. The lowest BCUT2D eigenvalue weighted by Gasteiger charge is -2.30. The van der Waals surface area contributed by atoms with E-state index in [1.165, 1.54) is 10.4 Å². The first-order valence-electron chi connectivity index (χ1n) is 5.36. The minimum Gasteiger partial charge on any atom is -0.374 e. The van der Waals surface area contributed by atoms with Crippen LogP contribution in [0.3, 0.4) is 0 Å². The Kier molecular flexibility index (Phi) is 3.75. The van der Waals surface area contributed by atoms with Crippen LogP contribution in [0.4, 0.5) is 0 Å². The molecule has 2 rings (SSSR count). The van der Waals surface area contributed by atoms with Gasteiger partial charge in [-0.25, -0.2) is 0 Å². The predicted molar refractivity (Wildman–Crippen MR) is 63.5 cm³/mol. The van der Waals surface area contributed by atoms with Crippen LogP contribution in [0.15, 0.2) is 11.4 Å². The number of ether oxygens (including phenoxy) is 1. The van der Waals surface area contributed by atoms with Gasteiger partial charge in [-0.1, -0.05) is 0 Å². The first-order valence-corrected chi connectivity index (χ1v) is 6.24. The van der Waals surface area contributed by atoms with Gasteiger partial charge in [-0.15, -0.1) is 11.3 Å². The van der Waals surface area contributed by atoms with Crippen LogP contribution in [0, 0.1) is 6.92 Å². The van der Waals surface area contributed by atoms with Gasteiger partial charge in [-0.2, -0.15) is 0 Å². The van der Waals surface area contributed by atoms with E-state index in [0.29, 0.717) is 6.04 Å². The van der Waals surface area contributed by atoms with E-state index < -0.39 is 0 Å². The van der Waals surface area contributed by atoms with Gasteiger partial charge >= 0.3 is 0 Å². The molecular formula is C11H18N2OS. The van der Waals surface area contributed by atoms with Crippen molar-refractivity contribution in [2.45, 2.75) is 19.1 Å². The smallest absolute Gasteiger partial charge is 0.0902 e. The van der Waals surface area contributed by atoms with Crippen molar-refractivity contribution in [1.29, 1.82) is 0 Å². The summed E-state index contributed by atoms with van der Waals surface area (Å²) in [7, 11) is 2.00. The Labute approximate surface area is 94.8 Å². The van der Waals surface area contributed by atoms with Crippen LogP contribution in [0.1, 0.15) is 16.5 Å². The molecule has 0 saturated carbocycles. The van der Waals surface area contributed by atoms with Gasteiger partial charge in [-0.05, 0) is 31.0 Å². The molecule has 2 unspecified atom stereocenters. The van der Waals surface area contributed by atoms with Crippen LogP contribution in [-0.4, -0.2) is 32.8 Å². The molecule has 0 amide bonds. The van der Waals surface area contributed by atoms with Crippen molar-refractivity contribution in [2.24, 2.45) is 0 Å². The maximum Gasteiger partial charge on any atom is 0.0902 e. The summed E-state index contributed by atoms with van der Waals surface area (Å²) in [6.45, 7) is 4.87. The molecule has 15 heavy (non-hydrogen) atoms. The van der Waals surface area contributed by atoms with Crippen molar-refractivity contribution >= 4 is 11.3 Å². The van der Waals surface area contributed by atoms with Gasteiger partial charge < -0.3 is 15.4 Å². The van der Waals surface area contributed by atoms with Crippen LogP contribution in [-0.2, 0) is 4.74 Å². The third kappa shape index (κ3) is 2.39. The van der Waals surface area contributed by atoms with E-state index in [2.05, 4.69) is 29.0 Å². The summed E-state index contributed by atoms with van der Waals surface area (Å²) < 4.78 is 5.79. The second-order valence-corrected chi connectivity index (χ2v) is 4.80. The van der Waals surface area contributed by atoms with Crippen molar-refractivity contribution in [3.05, 3.63) is 21.9 Å². The largest absolute Gasteiger partial charge is 0.374 e. The summed E-state index contributed by atoms with van der Waals surface area (Å²) in [5.74, 6) is 0. The number of nitrogens with one attached hydrogen (secondary N) is 2. The Morgan fingerprint density at radius 1 is 1.67 bits per heavy atom. The number of hydrogen-bond acceptors (Lipinski definition) is 4. The van der Waals surface area contributed by atoms with Crippen LogP contribution in [0.5, 0.6) is 0 Å². The molecule has 1 aliphatic heterocycles. The van der Waals surface area contributed by atoms with E-state index in [9.17, 15) is 0 Å². The van der Waals surface area contributed by atoms with E-state index in [1.54, 1.807) is 11.3 Å². The van der Waals surface area contributed by atoms with Gasteiger partial charge in [-0.3, -0.25) is 0 Å². The third-order valence-corrected chi connectivity index (χ3v) is 3.93. The molecular weight excluding hydrogens is 208 g/mol. The van der Waals surface area contributed by atoms with Gasteiger partial charge in [0, 0.05) is 18.0 Å². The average molecular weight is 226 g/mol. The fraction of sp³-hybridized carbons (Fsp3) is 0.636. The highest BCUT2D eigenvalue weighted by Crippen LogP contribution is 2.27. The van der Waals surface area contributed by atoms with Gasteiger partial charge in [0.1, 0.15) is 0 Å². The SMILES string of the molecule is CNC(c1sccc1C)C1CNCCO1. The molecule has 0 spiro atoms. The van der Waals surface area contributed by atoms with E-state index >= 15 is 0 Å². The highest BCUT2D eigenvalue weighted by Gasteiger charge is 2.26. The van der Waals surface area contributed by atoms with Gasteiger partial charge in [0.05, 0.1) is 18.8 Å². The van der Waals surface area contributed by atoms with Crippen molar-refractivity contribution in [3.63, 3.8) is 0 Å². The zero-order chi connectivity index (χ0) is 10.7. The molecule has 1 aromatic heterocycles. The number of aryl methyl sites for hydroxylation is 1. The Morgan fingerprint density at radius 3 is 3.07 bits per heavy atom. The number of hydrogen-bond donors (Lipinski definition) is 2. The van der Waals surface area contributed by atoms with Crippen LogP contribution >= 0.6 is 11.3 Å². The Morgan fingerprint density at radius 2 is 2.53 bits per heavy atom. The summed E-state index contributed by atoms with van der Waals surface area (Å²) in [4.78, 5) is 1.39. The summed E-state index contributed by atoms with van der Waals surface area (Å²) in [5, 5.41) is 8.88. The molecule has 2 heterocycles. The molecule has 1 aromatic rings. The summed E-state index contributed by atoms with van der Waals surface area (Å²) in [6, 6.07) is 2.48. The maximum atomic E-state index is 5.79. The minimum absolute atomic E-state index is 0.251. The molecule has 0 aliphatic carbocycles. The molecule has 0 radical (unpaired) electrons. The van der Waals surface area contributed by atoms with E-state index in [4.69, 9.17) is 4.74 Å². The topological polar surface area (TPSA) is 33.3 Å². The summed E-state index contributed by atoms with van der Waals surface area (Å²) in [6.07, 6.45) is 0.251. The summed E-state index contributed by atoms with van der Waals surface area (Å²) in [5.41, 5.74) is 1.36. The second kappa shape index (κ2) is 5.07. The summed E-state index contributed by atoms with van der Waals surface area (Å²) >= 11 is 1.81. The number of rotatable bonds is 3. The van der Waals surface area contributed by atoms with Gasteiger partial charge in [0.15, 0.2) is 0 Å². The molecule has 0 bridgehead atoms. The number of thiophene rings is 1. The third-order valence-electron chi connectivity index (χ3n) is 2.82. The lowest BCUT2D eigenvalue weighted by Crippen LogP contribution is -2.45. The van der Waals surface area contributed by atoms with Crippen molar-refractivity contribution in [2.75, 3.05) is 26.7 Å². The van der Waals surface area contributed by atoms with E-state index in [0.717, 1.165) is 19.7 Å². The van der Waals surface area contributed by atoms with Gasteiger partial charge in [0.2, 0.25) is 0 Å². The van der Waals surface area contributed by atoms with Gasteiger partial charge in [0.25, 0.3) is 0 Å². The standard InChI is InChI=1S/C11H18N2OS/c1-8-3-6-15-11(8)10(12-2)9-7-13-4-5-14-9/h3,6,9-10,12-13H,4-5,7H2,1-2H3. The molecule has 1 fully saturated rings. The molecule has 0 aromatic carbocycles. The first-order chi connectivity index (χ1) is 7.33. The Balaban J connectivity index is 2.12. The predicted octanol–water partition coefficient (Wildman–Crippen LogP) is 1.31. The zero-order valence-corrected chi connectivity index (χ0v) is 10.1. The van der Waals surface area contributed by atoms with Crippen LogP contribution in [0.2, 0.25) is 0 Å². The van der Waals surface area contributed by atoms with E-state index in [1.807, 2.05) is 7.05 Å². The van der Waals surface area contributed by atoms with Crippen molar-refractivity contribution < 1.29 is 4.74 Å². The van der Waals surface area contributed by atoms with Crippen LogP contribution < -0.4 is 10.6 Å². The quantitative estimate of drug-likeness (QED) is 0.815.